The van der Waals surface area contributed by atoms with Gasteiger partial charge in [-0.05, 0) is 72.3 Å². The molecule has 37 heavy (non-hydrogen) atoms. The molecule has 0 spiro atoms. The van der Waals surface area contributed by atoms with Crippen LogP contribution in [0.25, 0.3) is 0 Å². The second kappa shape index (κ2) is 12.0. The zero-order valence-electron chi connectivity index (χ0n) is 19.2. The quantitative estimate of drug-likeness (QED) is 0.198. The first-order chi connectivity index (χ1) is 17.8. The Morgan fingerprint density at radius 1 is 0.757 bits per heavy atom. The molecule has 4 aromatic carbocycles. The number of thioether (sulfide) groups is 1. The van der Waals surface area contributed by atoms with Gasteiger partial charge < -0.3 is 15.7 Å². The van der Waals surface area contributed by atoms with Crippen LogP contribution in [0.3, 0.4) is 0 Å². The van der Waals surface area contributed by atoms with Crippen molar-refractivity contribution in [1.82, 2.24) is 0 Å². The van der Waals surface area contributed by atoms with Crippen molar-refractivity contribution in [2.45, 2.75) is 10.1 Å². The van der Waals surface area contributed by atoms with E-state index in [1.54, 1.807) is 36.4 Å². The lowest BCUT2D eigenvalue weighted by molar-refractivity contribution is -0.115. The fraction of sp³-hybridized carbons (Fsp3) is 0.0357. The standard InChI is InChI=1S/C28H20Cl2N2O4S/c29-19-8-15-23(24(30)16-19)26(33)31-21-11-13-22(14-12-21)37-25(17-4-2-1-3-5-17)27(34)32-20-9-6-18(7-10-20)28(35)36/h1-16,25H,(H,31,33)(H,32,34)(H,35,36). The number of carbonyl (C=O) groups is 3. The Balaban J connectivity index is 1.48. The molecule has 4 rings (SSSR count). The highest BCUT2D eigenvalue weighted by atomic mass is 35.5. The number of carboxylic acid groups (broad SMARTS) is 1. The number of hydrogen-bond acceptors (Lipinski definition) is 4. The third-order valence-corrected chi connectivity index (χ3v) is 7.10. The summed E-state index contributed by atoms with van der Waals surface area (Å²) >= 11 is 13.4. The van der Waals surface area contributed by atoms with Crippen LogP contribution in [0, 0.1) is 0 Å². The fourth-order valence-electron chi connectivity index (χ4n) is 3.43. The van der Waals surface area contributed by atoms with Crippen molar-refractivity contribution in [3.63, 3.8) is 0 Å². The predicted octanol–water partition coefficient (Wildman–Crippen LogP) is 7.42. The molecule has 0 fully saturated rings. The van der Waals surface area contributed by atoms with Gasteiger partial charge in [0, 0.05) is 21.3 Å². The Bertz CT molecular complexity index is 1430. The molecule has 6 nitrogen and oxygen atoms in total. The number of hydrogen-bond donors (Lipinski definition) is 3. The fourth-order valence-corrected chi connectivity index (χ4v) is 4.95. The lowest BCUT2D eigenvalue weighted by Crippen LogP contribution is -2.19. The Kier molecular flexibility index (Phi) is 8.50. The van der Waals surface area contributed by atoms with Crippen molar-refractivity contribution in [3.8, 4) is 0 Å². The lowest BCUT2D eigenvalue weighted by Gasteiger charge is -2.17. The van der Waals surface area contributed by atoms with E-state index in [1.165, 1.54) is 30.0 Å². The highest BCUT2D eigenvalue weighted by molar-refractivity contribution is 8.00. The highest BCUT2D eigenvalue weighted by Gasteiger charge is 2.22. The Hall–Kier alpha value is -3.78. The molecule has 9 heteroatoms. The summed E-state index contributed by atoms with van der Waals surface area (Å²) in [6.07, 6.45) is 0. The van der Waals surface area contributed by atoms with E-state index in [4.69, 9.17) is 28.3 Å². The number of carbonyl (C=O) groups excluding carboxylic acids is 2. The van der Waals surface area contributed by atoms with Gasteiger partial charge >= 0.3 is 5.97 Å². The van der Waals surface area contributed by atoms with Gasteiger partial charge in [-0.15, -0.1) is 11.8 Å². The Morgan fingerprint density at radius 2 is 1.38 bits per heavy atom. The minimum atomic E-state index is -1.04. The molecule has 0 saturated carbocycles. The lowest BCUT2D eigenvalue weighted by atomic mass is 10.1. The molecule has 0 saturated heterocycles. The van der Waals surface area contributed by atoms with E-state index in [2.05, 4.69) is 10.6 Å². The van der Waals surface area contributed by atoms with Crippen LogP contribution in [0.4, 0.5) is 11.4 Å². The van der Waals surface area contributed by atoms with Crippen molar-refractivity contribution in [3.05, 3.63) is 124 Å². The monoisotopic (exact) mass is 550 g/mol. The van der Waals surface area contributed by atoms with E-state index in [1.807, 2.05) is 42.5 Å². The molecule has 0 aliphatic carbocycles. The molecular formula is C28H20Cl2N2O4S. The second-order valence-electron chi connectivity index (χ2n) is 7.88. The summed E-state index contributed by atoms with van der Waals surface area (Å²) in [4.78, 5) is 37.7. The SMILES string of the molecule is O=C(O)c1ccc(NC(=O)C(Sc2ccc(NC(=O)c3ccc(Cl)cc3Cl)cc2)c2ccccc2)cc1. The van der Waals surface area contributed by atoms with E-state index in [9.17, 15) is 14.4 Å². The van der Waals surface area contributed by atoms with Gasteiger partial charge in [-0.25, -0.2) is 4.79 Å². The second-order valence-corrected chi connectivity index (χ2v) is 9.91. The van der Waals surface area contributed by atoms with Gasteiger partial charge in [0.05, 0.1) is 16.1 Å². The first kappa shape index (κ1) is 26.3. The zero-order chi connectivity index (χ0) is 26.4. The van der Waals surface area contributed by atoms with Gasteiger partial charge in [0.2, 0.25) is 5.91 Å². The molecule has 0 aliphatic rings. The first-order valence-electron chi connectivity index (χ1n) is 11.0. The van der Waals surface area contributed by atoms with Crippen LogP contribution in [-0.4, -0.2) is 22.9 Å². The average molecular weight is 551 g/mol. The maximum Gasteiger partial charge on any atom is 0.335 e. The summed E-state index contributed by atoms with van der Waals surface area (Å²) in [5.74, 6) is -1.65. The van der Waals surface area contributed by atoms with Crippen molar-refractivity contribution in [2.75, 3.05) is 10.6 Å². The number of nitrogens with one attached hydrogen (secondary N) is 2. The van der Waals surface area contributed by atoms with Gasteiger partial charge in [-0.2, -0.15) is 0 Å². The largest absolute Gasteiger partial charge is 0.478 e. The van der Waals surface area contributed by atoms with Crippen LogP contribution >= 0.6 is 35.0 Å². The number of benzene rings is 4. The topological polar surface area (TPSA) is 95.5 Å². The van der Waals surface area contributed by atoms with Crippen LogP contribution < -0.4 is 10.6 Å². The number of rotatable bonds is 8. The molecule has 0 aliphatic heterocycles. The van der Waals surface area contributed by atoms with Gasteiger partial charge in [0.25, 0.3) is 5.91 Å². The molecule has 0 heterocycles. The van der Waals surface area contributed by atoms with E-state index in [0.29, 0.717) is 22.0 Å². The van der Waals surface area contributed by atoms with E-state index in [0.717, 1.165) is 10.5 Å². The normalized spacial score (nSPS) is 11.4. The van der Waals surface area contributed by atoms with Crippen molar-refractivity contribution in [2.24, 2.45) is 0 Å². The van der Waals surface area contributed by atoms with Crippen molar-refractivity contribution in [1.29, 1.82) is 0 Å². The van der Waals surface area contributed by atoms with Crippen molar-refractivity contribution < 1.29 is 19.5 Å². The summed E-state index contributed by atoms with van der Waals surface area (Å²) in [6, 6.07) is 27.1. The van der Waals surface area contributed by atoms with E-state index in [-0.39, 0.29) is 22.4 Å². The van der Waals surface area contributed by atoms with E-state index >= 15 is 0 Å². The third kappa shape index (κ3) is 6.92. The molecule has 2 amide bonds. The summed E-state index contributed by atoms with van der Waals surface area (Å²) in [5.41, 5.74) is 2.32. The van der Waals surface area contributed by atoms with Gasteiger partial charge in [-0.3, -0.25) is 9.59 Å². The maximum absolute atomic E-state index is 13.2. The molecule has 1 atom stereocenters. The van der Waals surface area contributed by atoms with Crippen LogP contribution in [-0.2, 0) is 4.79 Å². The number of aromatic carboxylic acids is 1. The van der Waals surface area contributed by atoms with Gasteiger partial charge in [0.1, 0.15) is 5.25 Å². The molecule has 3 N–H and O–H groups in total. The Morgan fingerprint density at radius 3 is 2.00 bits per heavy atom. The minimum Gasteiger partial charge on any atom is -0.478 e. The molecule has 1 unspecified atom stereocenters. The van der Waals surface area contributed by atoms with Crippen LogP contribution in [0.15, 0.2) is 102 Å². The van der Waals surface area contributed by atoms with Crippen molar-refractivity contribution >= 4 is 64.1 Å². The van der Waals surface area contributed by atoms with Gasteiger partial charge in [0.15, 0.2) is 0 Å². The molecule has 0 radical (unpaired) electrons. The summed E-state index contributed by atoms with van der Waals surface area (Å²) in [5, 5.41) is 14.9. The molecule has 186 valence electrons. The minimum absolute atomic E-state index is 0.137. The van der Waals surface area contributed by atoms with Crippen LogP contribution in [0.5, 0.6) is 0 Å². The highest BCUT2D eigenvalue weighted by Crippen LogP contribution is 2.37. The number of carboxylic acids is 1. The molecule has 0 aromatic heterocycles. The number of amides is 2. The molecule has 0 bridgehead atoms. The smallest absolute Gasteiger partial charge is 0.335 e. The molecule has 4 aromatic rings. The average Bonchev–Trinajstić information content (AvgIpc) is 2.89. The summed E-state index contributed by atoms with van der Waals surface area (Å²) in [6.45, 7) is 0. The van der Waals surface area contributed by atoms with E-state index < -0.39 is 11.2 Å². The van der Waals surface area contributed by atoms with Crippen LogP contribution in [0.1, 0.15) is 31.5 Å². The number of halogens is 2. The maximum atomic E-state index is 13.2. The number of anilines is 2. The summed E-state index contributed by atoms with van der Waals surface area (Å²) < 4.78 is 0. The third-order valence-electron chi connectivity index (χ3n) is 5.28. The Labute approximate surface area is 227 Å². The van der Waals surface area contributed by atoms with Crippen LogP contribution in [0.2, 0.25) is 10.0 Å². The van der Waals surface area contributed by atoms with Gasteiger partial charge in [-0.1, -0.05) is 53.5 Å². The zero-order valence-corrected chi connectivity index (χ0v) is 21.5. The predicted molar refractivity (Wildman–Crippen MR) is 148 cm³/mol. The molecular weight excluding hydrogens is 531 g/mol. The first-order valence-corrected chi connectivity index (χ1v) is 12.7. The summed E-state index contributed by atoms with van der Waals surface area (Å²) in [7, 11) is 0.